The van der Waals surface area contributed by atoms with Gasteiger partial charge in [0.25, 0.3) is 0 Å². The first-order valence-corrected chi connectivity index (χ1v) is 13.1. The van der Waals surface area contributed by atoms with Crippen molar-refractivity contribution in [2.75, 3.05) is 43.4 Å². The van der Waals surface area contributed by atoms with E-state index < -0.39 is 5.60 Å². The van der Waals surface area contributed by atoms with Gasteiger partial charge < -0.3 is 20.2 Å². The van der Waals surface area contributed by atoms with Crippen molar-refractivity contribution in [2.45, 2.75) is 40.2 Å². The summed E-state index contributed by atoms with van der Waals surface area (Å²) in [6, 6.07) is 7.64. The monoisotopic (exact) mass is 506 g/mol. The van der Waals surface area contributed by atoms with Crippen LogP contribution >= 0.6 is 11.3 Å². The molecule has 4 aromatic rings. The fourth-order valence-corrected chi connectivity index (χ4v) is 4.73. The number of aliphatic hydroxyl groups is 1. The van der Waals surface area contributed by atoms with Crippen molar-refractivity contribution < 1.29 is 5.11 Å². The number of hydrogen-bond donors (Lipinski definition) is 2. The van der Waals surface area contributed by atoms with E-state index in [0.29, 0.717) is 17.3 Å². The Morgan fingerprint density at radius 2 is 1.72 bits per heavy atom. The van der Waals surface area contributed by atoms with Gasteiger partial charge in [-0.05, 0) is 40.0 Å². The Bertz CT molecular complexity index is 1330. The number of aromatic nitrogens is 5. The molecule has 0 saturated carbocycles. The number of nitrogens with one attached hydrogen (secondary N) is 1. The summed E-state index contributed by atoms with van der Waals surface area (Å²) < 4.78 is 0.985. The van der Waals surface area contributed by atoms with Crippen LogP contribution in [0.15, 0.2) is 36.7 Å². The molecular formula is C26H34N8OS. The van der Waals surface area contributed by atoms with Gasteiger partial charge in [-0.2, -0.15) is 4.98 Å². The quantitative estimate of drug-likeness (QED) is 0.402. The summed E-state index contributed by atoms with van der Waals surface area (Å²) in [5.41, 5.74) is 2.28. The molecule has 1 fully saturated rings. The molecule has 9 nitrogen and oxygen atoms in total. The Labute approximate surface area is 216 Å². The highest BCUT2D eigenvalue weighted by Crippen LogP contribution is 2.32. The molecule has 2 N–H and O–H groups in total. The van der Waals surface area contributed by atoms with E-state index in [1.54, 1.807) is 31.4 Å². The van der Waals surface area contributed by atoms with E-state index in [9.17, 15) is 5.11 Å². The maximum atomic E-state index is 10.3. The fourth-order valence-electron chi connectivity index (χ4n) is 3.82. The lowest BCUT2D eigenvalue weighted by Gasteiger charge is -2.32. The van der Waals surface area contributed by atoms with Gasteiger partial charge in [0.15, 0.2) is 0 Å². The van der Waals surface area contributed by atoms with Crippen molar-refractivity contribution in [3.63, 3.8) is 0 Å². The molecule has 1 saturated heterocycles. The van der Waals surface area contributed by atoms with Gasteiger partial charge in [-0.15, -0.1) is 11.3 Å². The lowest BCUT2D eigenvalue weighted by molar-refractivity contribution is 0.0739. The third-order valence-corrected chi connectivity index (χ3v) is 6.85. The predicted octanol–water partition coefficient (Wildman–Crippen LogP) is 4.60. The summed E-state index contributed by atoms with van der Waals surface area (Å²) in [4.78, 5) is 27.6. The van der Waals surface area contributed by atoms with Crippen LogP contribution < -0.4 is 10.2 Å². The molecule has 0 aromatic carbocycles. The van der Waals surface area contributed by atoms with Crippen LogP contribution in [0.4, 0.5) is 17.6 Å². The largest absolute Gasteiger partial charge is 0.384 e. The normalized spacial score (nSPS) is 14.5. The summed E-state index contributed by atoms with van der Waals surface area (Å²) in [5, 5.41) is 14.5. The fraction of sp³-hybridized carbons (Fsp3) is 0.423. The Balaban J connectivity index is 0.00000148. The molecule has 0 amide bonds. The molecule has 1 aliphatic heterocycles. The van der Waals surface area contributed by atoms with E-state index in [4.69, 9.17) is 9.97 Å². The number of piperazine rings is 1. The molecule has 0 unspecified atom stereocenters. The molecular weight excluding hydrogens is 472 g/mol. The van der Waals surface area contributed by atoms with Gasteiger partial charge >= 0.3 is 0 Å². The summed E-state index contributed by atoms with van der Waals surface area (Å²) in [6.45, 7) is 13.3. The van der Waals surface area contributed by atoms with Gasteiger partial charge in [0, 0.05) is 62.0 Å². The van der Waals surface area contributed by atoms with Gasteiger partial charge in [0.1, 0.15) is 22.2 Å². The number of fused-ring (bicyclic) bond motifs is 1. The predicted molar refractivity (Wildman–Crippen MR) is 147 cm³/mol. The molecule has 0 atom stereocenters. The molecule has 0 radical (unpaired) electrons. The van der Waals surface area contributed by atoms with Gasteiger partial charge in [-0.1, -0.05) is 13.8 Å². The van der Waals surface area contributed by atoms with Crippen molar-refractivity contribution in [1.29, 1.82) is 0 Å². The van der Waals surface area contributed by atoms with Crippen LogP contribution in [0.25, 0.3) is 20.8 Å². The molecule has 36 heavy (non-hydrogen) atoms. The summed E-state index contributed by atoms with van der Waals surface area (Å²) in [6.07, 6.45) is 3.53. The molecule has 0 aliphatic carbocycles. The Kier molecular flexibility index (Phi) is 7.77. The number of nitrogens with zero attached hydrogens (tertiary/aromatic N) is 7. The number of thiazole rings is 1. The smallest absolute Gasteiger partial charge is 0.227 e. The number of pyridine rings is 2. The third kappa shape index (κ3) is 5.95. The zero-order valence-corrected chi connectivity index (χ0v) is 22.6. The second kappa shape index (κ2) is 10.8. The summed E-state index contributed by atoms with van der Waals surface area (Å²) in [5.74, 6) is 2.14. The molecule has 5 rings (SSSR count). The van der Waals surface area contributed by atoms with Crippen LogP contribution in [-0.4, -0.2) is 68.2 Å². The standard InChI is InChI=1S/C24H28N8OS.C2H6/c1-15-11-21(30-23(27-15)32-9-7-31(4)8-10-32)29-20-13-17-18(14-26-20)34-22(28-17)16-5-6-25-19(12-16)24(2,3)33;1-2/h5-6,11-14,33H,7-10H2,1-4H3,(H,26,27,29,30);1-2H3. The van der Waals surface area contributed by atoms with Crippen LogP contribution in [0.2, 0.25) is 0 Å². The molecule has 10 heteroatoms. The maximum absolute atomic E-state index is 10.3. The molecule has 4 aromatic heterocycles. The molecule has 190 valence electrons. The van der Waals surface area contributed by atoms with Crippen molar-refractivity contribution in [3.8, 4) is 10.6 Å². The van der Waals surface area contributed by atoms with E-state index in [0.717, 1.165) is 58.6 Å². The second-order valence-corrected chi connectivity index (χ2v) is 10.2. The lowest BCUT2D eigenvalue weighted by Crippen LogP contribution is -2.45. The maximum Gasteiger partial charge on any atom is 0.227 e. The Morgan fingerprint density at radius 3 is 2.44 bits per heavy atom. The van der Waals surface area contributed by atoms with E-state index in [-0.39, 0.29) is 0 Å². The molecule has 0 spiro atoms. The van der Waals surface area contributed by atoms with Crippen LogP contribution in [0.5, 0.6) is 0 Å². The zero-order chi connectivity index (χ0) is 25.9. The van der Waals surface area contributed by atoms with E-state index in [1.165, 1.54) is 0 Å². The minimum Gasteiger partial charge on any atom is -0.384 e. The van der Waals surface area contributed by atoms with Crippen molar-refractivity contribution in [1.82, 2.24) is 29.8 Å². The highest BCUT2D eigenvalue weighted by molar-refractivity contribution is 7.21. The SMILES string of the molecule is CC.Cc1cc(Nc2cc3nc(-c4ccnc(C(C)(C)O)c4)sc3cn2)nc(N2CCN(C)CC2)n1. The first kappa shape index (κ1) is 25.9. The number of hydrogen-bond acceptors (Lipinski definition) is 10. The first-order valence-electron chi connectivity index (χ1n) is 12.3. The second-order valence-electron chi connectivity index (χ2n) is 9.15. The van der Waals surface area contributed by atoms with Crippen LogP contribution in [0.3, 0.4) is 0 Å². The van der Waals surface area contributed by atoms with Gasteiger partial charge in [0.2, 0.25) is 5.95 Å². The minimum atomic E-state index is -1.01. The Hall–Kier alpha value is -3.21. The highest BCUT2D eigenvalue weighted by atomic mass is 32.1. The van der Waals surface area contributed by atoms with E-state index in [1.807, 2.05) is 51.2 Å². The summed E-state index contributed by atoms with van der Waals surface area (Å²) in [7, 11) is 2.13. The average Bonchev–Trinajstić information content (AvgIpc) is 3.28. The number of aryl methyl sites for hydroxylation is 1. The Morgan fingerprint density at radius 1 is 0.972 bits per heavy atom. The van der Waals surface area contributed by atoms with Gasteiger partial charge in [-0.3, -0.25) is 4.98 Å². The van der Waals surface area contributed by atoms with Crippen molar-refractivity contribution in [3.05, 3.63) is 48.0 Å². The molecule has 1 aliphatic rings. The zero-order valence-electron chi connectivity index (χ0n) is 21.8. The molecule has 0 bridgehead atoms. The van der Waals surface area contributed by atoms with Crippen molar-refractivity contribution >= 4 is 39.1 Å². The van der Waals surface area contributed by atoms with Gasteiger partial charge in [0.05, 0.1) is 15.9 Å². The lowest BCUT2D eigenvalue weighted by atomic mass is 10.0. The minimum absolute atomic E-state index is 0.611. The average molecular weight is 507 g/mol. The van der Waals surface area contributed by atoms with Crippen LogP contribution in [0, 0.1) is 6.92 Å². The van der Waals surface area contributed by atoms with E-state index >= 15 is 0 Å². The first-order chi connectivity index (χ1) is 17.2. The number of likely N-dealkylation sites (N-methyl/N-ethyl adjacent to an activating group) is 1. The molecule has 5 heterocycles. The van der Waals surface area contributed by atoms with E-state index in [2.05, 4.69) is 37.1 Å². The third-order valence-electron chi connectivity index (χ3n) is 5.79. The van der Waals surface area contributed by atoms with Crippen LogP contribution in [-0.2, 0) is 5.60 Å². The number of anilines is 3. The topological polar surface area (TPSA) is 103 Å². The number of rotatable bonds is 5. The van der Waals surface area contributed by atoms with Crippen molar-refractivity contribution in [2.24, 2.45) is 0 Å². The highest BCUT2D eigenvalue weighted by Gasteiger charge is 2.20. The van der Waals surface area contributed by atoms with Gasteiger partial charge in [-0.25, -0.2) is 15.0 Å². The summed E-state index contributed by atoms with van der Waals surface area (Å²) >= 11 is 1.56. The van der Waals surface area contributed by atoms with Crippen LogP contribution in [0.1, 0.15) is 39.1 Å².